The molecular formula is C12H14N4S. The third kappa shape index (κ3) is 3.96. The van der Waals surface area contributed by atoms with Crippen LogP contribution < -0.4 is 11.1 Å². The molecule has 0 atom stereocenters. The van der Waals surface area contributed by atoms with Crippen LogP contribution in [0.1, 0.15) is 0 Å². The van der Waals surface area contributed by atoms with Crippen LogP contribution in [0.15, 0.2) is 47.4 Å². The third-order valence-corrected chi connectivity index (χ3v) is 3.12. The molecule has 0 bridgehead atoms. The predicted molar refractivity (Wildman–Crippen MR) is 72.1 cm³/mol. The van der Waals surface area contributed by atoms with Gasteiger partial charge in [0.05, 0.1) is 0 Å². The number of nitrogen functional groups attached to an aromatic ring is 1. The monoisotopic (exact) mass is 246 g/mol. The molecule has 2 rings (SSSR count). The highest BCUT2D eigenvalue weighted by molar-refractivity contribution is 7.99. The lowest BCUT2D eigenvalue weighted by Gasteiger charge is -2.04. The highest BCUT2D eigenvalue weighted by atomic mass is 32.2. The van der Waals surface area contributed by atoms with Crippen LogP contribution in [0.3, 0.4) is 0 Å². The lowest BCUT2D eigenvalue weighted by Crippen LogP contribution is -2.06. The molecule has 0 aliphatic carbocycles. The molecule has 88 valence electrons. The van der Waals surface area contributed by atoms with Crippen LogP contribution in [-0.2, 0) is 0 Å². The van der Waals surface area contributed by atoms with Crippen LogP contribution in [0, 0.1) is 0 Å². The van der Waals surface area contributed by atoms with Crippen molar-refractivity contribution in [2.75, 3.05) is 23.3 Å². The molecule has 0 aliphatic heterocycles. The number of hydrogen-bond donors (Lipinski definition) is 2. The Bertz CT molecular complexity index is 444. The van der Waals surface area contributed by atoms with Gasteiger partial charge in [0.1, 0.15) is 11.6 Å². The highest BCUT2D eigenvalue weighted by Crippen LogP contribution is 2.16. The Balaban J connectivity index is 1.71. The zero-order valence-electron chi connectivity index (χ0n) is 9.34. The van der Waals surface area contributed by atoms with Crippen LogP contribution in [0.25, 0.3) is 0 Å². The van der Waals surface area contributed by atoms with E-state index in [1.54, 1.807) is 6.07 Å². The number of thioether (sulfide) groups is 1. The van der Waals surface area contributed by atoms with Crippen LogP contribution >= 0.6 is 11.8 Å². The van der Waals surface area contributed by atoms with Crippen molar-refractivity contribution in [2.45, 2.75) is 4.90 Å². The smallest absolute Gasteiger partial charge is 0.148 e. The van der Waals surface area contributed by atoms with Crippen LogP contribution in [0.5, 0.6) is 0 Å². The van der Waals surface area contributed by atoms with E-state index in [0.29, 0.717) is 5.82 Å². The first-order valence-electron chi connectivity index (χ1n) is 5.35. The van der Waals surface area contributed by atoms with Gasteiger partial charge in [0.25, 0.3) is 0 Å². The number of nitrogens with zero attached hydrogens (tertiary/aromatic N) is 2. The van der Waals surface area contributed by atoms with E-state index in [1.165, 1.54) is 4.90 Å². The van der Waals surface area contributed by atoms with E-state index in [1.807, 2.05) is 36.0 Å². The second-order valence-electron chi connectivity index (χ2n) is 3.43. The maximum Gasteiger partial charge on any atom is 0.148 e. The second kappa shape index (κ2) is 6.10. The second-order valence-corrected chi connectivity index (χ2v) is 4.60. The van der Waals surface area contributed by atoms with Gasteiger partial charge in [-0.25, -0.2) is 0 Å². The first-order chi connectivity index (χ1) is 8.34. The summed E-state index contributed by atoms with van der Waals surface area (Å²) < 4.78 is 0. The van der Waals surface area contributed by atoms with E-state index >= 15 is 0 Å². The quantitative estimate of drug-likeness (QED) is 0.626. The van der Waals surface area contributed by atoms with E-state index in [-0.39, 0.29) is 0 Å². The molecule has 4 nitrogen and oxygen atoms in total. The summed E-state index contributed by atoms with van der Waals surface area (Å²) in [6.45, 7) is 0.845. The van der Waals surface area contributed by atoms with Gasteiger partial charge in [-0.15, -0.1) is 22.0 Å². The van der Waals surface area contributed by atoms with E-state index in [4.69, 9.17) is 5.73 Å². The predicted octanol–water partition coefficient (Wildman–Crippen LogP) is 2.26. The maximum atomic E-state index is 5.45. The Kier molecular flexibility index (Phi) is 4.21. The summed E-state index contributed by atoms with van der Waals surface area (Å²) in [5, 5.41) is 10.9. The van der Waals surface area contributed by atoms with Crippen LogP contribution in [-0.4, -0.2) is 22.5 Å². The number of nitrogens with one attached hydrogen (secondary N) is 1. The first-order valence-corrected chi connectivity index (χ1v) is 6.34. The van der Waals surface area contributed by atoms with E-state index in [9.17, 15) is 0 Å². The molecule has 1 aromatic heterocycles. The number of hydrogen-bond acceptors (Lipinski definition) is 5. The van der Waals surface area contributed by atoms with Crippen LogP contribution in [0.4, 0.5) is 11.6 Å². The first kappa shape index (κ1) is 11.7. The zero-order valence-corrected chi connectivity index (χ0v) is 10.2. The van der Waals surface area contributed by atoms with E-state index in [2.05, 4.69) is 27.6 Å². The Labute approximate surface area is 105 Å². The Morgan fingerprint density at radius 3 is 2.59 bits per heavy atom. The van der Waals surface area contributed by atoms with Crippen molar-refractivity contribution >= 4 is 23.4 Å². The largest absolute Gasteiger partial charge is 0.382 e. The highest BCUT2D eigenvalue weighted by Gasteiger charge is 1.95. The van der Waals surface area contributed by atoms with Crippen molar-refractivity contribution in [1.82, 2.24) is 10.2 Å². The van der Waals surface area contributed by atoms with Gasteiger partial charge in [-0.3, -0.25) is 0 Å². The SMILES string of the molecule is Nc1ccc(NCCSc2ccccc2)nn1. The third-order valence-electron chi connectivity index (χ3n) is 2.11. The van der Waals surface area contributed by atoms with Gasteiger partial charge < -0.3 is 11.1 Å². The van der Waals surface area contributed by atoms with E-state index in [0.717, 1.165) is 18.1 Å². The van der Waals surface area contributed by atoms with Crippen molar-refractivity contribution < 1.29 is 0 Å². The molecule has 0 fully saturated rings. The van der Waals surface area contributed by atoms with Crippen LogP contribution in [0.2, 0.25) is 0 Å². The molecule has 5 heteroatoms. The lowest BCUT2D eigenvalue weighted by molar-refractivity contribution is 1.02. The molecule has 17 heavy (non-hydrogen) atoms. The fraction of sp³-hybridized carbons (Fsp3) is 0.167. The Hall–Kier alpha value is -1.75. The molecule has 0 unspecified atom stereocenters. The Morgan fingerprint density at radius 2 is 1.88 bits per heavy atom. The molecule has 3 N–H and O–H groups in total. The standard InChI is InChI=1S/C12H14N4S/c13-11-6-7-12(16-15-11)14-8-9-17-10-4-2-1-3-5-10/h1-7H,8-9H2,(H2,13,15)(H,14,16). The van der Waals surface area contributed by atoms with Crippen molar-refractivity contribution in [3.05, 3.63) is 42.5 Å². The number of nitrogens with two attached hydrogens (primary N) is 1. The molecule has 2 aromatic rings. The van der Waals surface area contributed by atoms with Gasteiger partial charge >= 0.3 is 0 Å². The molecule has 0 amide bonds. The minimum Gasteiger partial charge on any atom is -0.382 e. The van der Waals surface area contributed by atoms with Gasteiger partial charge in [0.15, 0.2) is 0 Å². The average molecular weight is 246 g/mol. The summed E-state index contributed by atoms with van der Waals surface area (Å²) in [5.41, 5.74) is 5.45. The molecule has 0 saturated heterocycles. The zero-order chi connectivity index (χ0) is 11.9. The van der Waals surface area contributed by atoms with Crippen molar-refractivity contribution in [3.63, 3.8) is 0 Å². The summed E-state index contributed by atoms with van der Waals surface area (Å²) in [4.78, 5) is 1.28. The molecule has 0 saturated carbocycles. The molecule has 1 aromatic carbocycles. The van der Waals surface area contributed by atoms with Gasteiger partial charge in [0.2, 0.25) is 0 Å². The molecule has 0 spiro atoms. The summed E-state index contributed by atoms with van der Waals surface area (Å²) >= 11 is 1.81. The number of aromatic nitrogens is 2. The average Bonchev–Trinajstić information content (AvgIpc) is 2.38. The van der Waals surface area contributed by atoms with Crippen molar-refractivity contribution in [3.8, 4) is 0 Å². The van der Waals surface area contributed by atoms with Gasteiger partial charge in [0, 0.05) is 17.2 Å². The summed E-state index contributed by atoms with van der Waals surface area (Å²) in [6, 6.07) is 13.9. The lowest BCUT2D eigenvalue weighted by atomic mass is 10.4. The molecule has 0 aliphatic rings. The molecular weight excluding hydrogens is 232 g/mol. The molecule has 1 heterocycles. The number of rotatable bonds is 5. The minimum absolute atomic E-state index is 0.439. The number of benzene rings is 1. The van der Waals surface area contributed by atoms with E-state index < -0.39 is 0 Å². The molecule has 0 radical (unpaired) electrons. The normalized spacial score (nSPS) is 10.1. The van der Waals surface area contributed by atoms with Crippen molar-refractivity contribution in [1.29, 1.82) is 0 Å². The van der Waals surface area contributed by atoms with Crippen molar-refractivity contribution in [2.24, 2.45) is 0 Å². The minimum atomic E-state index is 0.439. The van der Waals surface area contributed by atoms with Gasteiger partial charge in [-0.2, -0.15) is 0 Å². The van der Waals surface area contributed by atoms with Gasteiger partial charge in [-0.1, -0.05) is 18.2 Å². The topological polar surface area (TPSA) is 63.8 Å². The number of anilines is 2. The summed E-state index contributed by atoms with van der Waals surface area (Å²) in [6.07, 6.45) is 0. The van der Waals surface area contributed by atoms with Gasteiger partial charge in [-0.05, 0) is 24.3 Å². The fourth-order valence-electron chi connectivity index (χ4n) is 1.30. The maximum absolute atomic E-state index is 5.45. The summed E-state index contributed by atoms with van der Waals surface area (Å²) in [5.74, 6) is 2.18. The fourth-order valence-corrected chi connectivity index (χ4v) is 2.09. The Morgan fingerprint density at radius 1 is 1.06 bits per heavy atom. The summed E-state index contributed by atoms with van der Waals surface area (Å²) in [7, 11) is 0.